The van der Waals surface area contributed by atoms with Crippen LogP contribution < -0.4 is 28.4 Å². The second kappa shape index (κ2) is 22.7. The molecule has 0 radical (unpaired) electrons. The lowest BCUT2D eigenvalue weighted by Gasteiger charge is -2.17. The van der Waals surface area contributed by atoms with Gasteiger partial charge in [0.1, 0.15) is 47.7 Å². The zero-order valence-corrected chi connectivity index (χ0v) is 32.0. The molecule has 4 rings (SSSR count). The van der Waals surface area contributed by atoms with Crippen LogP contribution in [0, 0.1) is 12.3 Å². The Hall–Kier alpha value is -5.23. The number of terminal acetylenes is 1. The number of rotatable bonds is 25. The van der Waals surface area contributed by atoms with Crippen molar-refractivity contribution in [3.63, 3.8) is 0 Å². The third-order valence-electron chi connectivity index (χ3n) is 8.19. The largest absolute Gasteiger partial charge is 0.493 e. The van der Waals surface area contributed by atoms with Crippen LogP contribution in [0.4, 0.5) is 0 Å². The van der Waals surface area contributed by atoms with Crippen molar-refractivity contribution < 1.29 is 28.4 Å². The summed E-state index contributed by atoms with van der Waals surface area (Å²) in [6.45, 7) is 15.1. The topological polar surface area (TPSA) is 94.1 Å². The van der Waals surface area contributed by atoms with Crippen molar-refractivity contribution in [1.82, 2.24) is 15.0 Å². The zero-order chi connectivity index (χ0) is 37.7. The molecule has 53 heavy (non-hydrogen) atoms. The van der Waals surface area contributed by atoms with Crippen LogP contribution in [0.2, 0.25) is 0 Å². The van der Waals surface area contributed by atoms with Gasteiger partial charge in [0, 0.05) is 18.2 Å². The Kier molecular flexibility index (Phi) is 17.3. The Labute approximate surface area is 316 Å². The Morgan fingerprint density at radius 3 is 1.34 bits per heavy atom. The molecule has 0 bridgehead atoms. The van der Waals surface area contributed by atoms with E-state index in [9.17, 15) is 0 Å². The highest BCUT2D eigenvalue weighted by atomic mass is 16.5. The normalized spacial score (nSPS) is 10.7. The summed E-state index contributed by atoms with van der Waals surface area (Å²) in [5.74, 6) is 7.54. The lowest BCUT2D eigenvalue weighted by atomic mass is 10.1. The SMILES string of the molecule is C#CCOc1cc(OCCCC)ccc1-c1nc(-c2ccc(OCCCCC)cc2OCC=C)nc(-c2ccc(OCCCC)cc2OCCCC)n1. The zero-order valence-electron chi connectivity index (χ0n) is 32.0. The summed E-state index contributed by atoms with van der Waals surface area (Å²) < 4.78 is 36.8. The van der Waals surface area contributed by atoms with Crippen LogP contribution >= 0.6 is 0 Å². The van der Waals surface area contributed by atoms with Gasteiger partial charge in [0.05, 0.1) is 43.1 Å². The van der Waals surface area contributed by atoms with Crippen LogP contribution in [0.15, 0.2) is 67.3 Å². The summed E-state index contributed by atoms with van der Waals surface area (Å²) in [6, 6.07) is 17.1. The summed E-state index contributed by atoms with van der Waals surface area (Å²) in [4.78, 5) is 15.1. The molecule has 1 aromatic heterocycles. The minimum absolute atomic E-state index is 0.0599. The van der Waals surface area contributed by atoms with Crippen molar-refractivity contribution in [3.8, 4) is 81.0 Å². The molecule has 0 fully saturated rings. The van der Waals surface area contributed by atoms with Crippen LogP contribution in [0.25, 0.3) is 34.2 Å². The minimum Gasteiger partial charge on any atom is -0.493 e. The number of hydrogen-bond acceptors (Lipinski definition) is 9. The summed E-state index contributed by atoms with van der Waals surface area (Å²) in [5.41, 5.74) is 1.99. The van der Waals surface area contributed by atoms with Gasteiger partial charge < -0.3 is 28.4 Å². The minimum atomic E-state index is 0.0599. The second-order valence-electron chi connectivity index (χ2n) is 12.5. The Bertz CT molecular complexity index is 1770. The van der Waals surface area contributed by atoms with E-state index in [0.717, 1.165) is 63.5 Å². The standard InChI is InChI=1S/C44H55N3O6/c1-7-13-17-29-50-35-20-22-37(40(31-35)52-25-12-6)43-45-42(36-21-18-33(48-26-14-8-2)30-39(36)51-24-11-5)46-44(47-43)38-23-19-34(49-27-15-9-3)32-41(38)53-28-16-10-4/h5,12,18-23,30-32H,6-10,13-17,24-29H2,1-4H3. The van der Waals surface area contributed by atoms with Gasteiger partial charge in [-0.1, -0.05) is 78.4 Å². The van der Waals surface area contributed by atoms with Crippen molar-refractivity contribution in [2.45, 2.75) is 85.5 Å². The van der Waals surface area contributed by atoms with Crippen LogP contribution in [0.3, 0.4) is 0 Å². The highest BCUT2D eigenvalue weighted by molar-refractivity contribution is 5.75. The number of unbranched alkanes of at least 4 members (excludes halogenated alkanes) is 5. The molecule has 0 saturated carbocycles. The molecule has 0 amide bonds. The molecule has 4 aromatic rings. The quantitative estimate of drug-likeness (QED) is 0.0376. The molecule has 0 aliphatic heterocycles. The van der Waals surface area contributed by atoms with Gasteiger partial charge in [0.2, 0.25) is 0 Å². The van der Waals surface area contributed by atoms with E-state index >= 15 is 0 Å². The third kappa shape index (κ3) is 12.5. The van der Waals surface area contributed by atoms with Gasteiger partial charge in [-0.3, -0.25) is 0 Å². The number of benzene rings is 3. The fourth-order valence-electron chi connectivity index (χ4n) is 5.23. The van der Waals surface area contributed by atoms with Crippen LogP contribution in [-0.2, 0) is 0 Å². The first-order chi connectivity index (χ1) is 26.0. The van der Waals surface area contributed by atoms with E-state index in [2.05, 4.69) is 40.2 Å². The number of aromatic nitrogens is 3. The van der Waals surface area contributed by atoms with E-state index in [4.69, 9.17) is 49.8 Å². The van der Waals surface area contributed by atoms with Crippen molar-refractivity contribution in [3.05, 3.63) is 67.3 Å². The molecular formula is C44H55N3O6. The summed E-state index contributed by atoms with van der Waals surface area (Å²) in [6.07, 6.45) is 16.4. The van der Waals surface area contributed by atoms with Crippen molar-refractivity contribution in [2.24, 2.45) is 0 Å². The van der Waals surface area contributed by atoms with Gasteiger partial charge in [-0.25, -0.2) is 15.0 Å². The fourth-order valence-corrected chi connectivity index (χ4v) is 5.23. The van der Waals surface area contributed by atoms with E-state index in [1.54, 1.807) is 6.08 Å². The van der Waals surface area contributed by atoms with Crippen molar-refractivity contribution in [1.29, 1.82) is 0 Å². The molecule has 0 N–H and O–H groups in total. The molecule has 0 atom stereocenters. The van der Waals surface area contributed by atoms with E-state index < -0.39 is 0 Å². The first kappa shape index (κ1) is 40.5. The van der Waals surface area contributed by atoms with E-state index in [0.29, 0.717) is 89.3 Å². The first-order valence-electron chi connectivity index (χ1n) is 19.0. The Morgan fingerprint density at radius 2 is 0.925 bits per heavy atom. The number of hydrogen-bond donors (Lipinski definition) is 0. The van der Waals surface area contributed by atoms with Gasteiger partial charge >= 0.3 is 0 Å². The summed E-state index contributed by atoms with van der Waals surface area (Å²) in [7, 11) is 0. The maximum atomic E-state index is 6.36. The average molecular weight is 722 g/mol. The maximum absolute atomic E-state index is 6.36. The summed E-state index contributed by atoms with van der Waals surface area (Å²) >= 11 is 0. The average Bonchev–Trinajstić information content (AvgIpc) is 3.18. The molecule has 9 heteroatoms. The highest BCUT2D eigenvalue weighted by Crippen LogP contribution is 2.39. The predicted molar refractivity (Wildman–Crippen MR) is 212 cm³/mol. The first-order valence-corrected chi connectivity index (χ1v) is 19.0. The molecule has 9 nitrogen and oxygen atoms in total. The molecule has 1 heterocycles. The highest BCUT2D eigenvalue weighted by Gasteiger charge is 2.21. The fraction of sp³-hybridized carbons (Fsp3) is 0.432. The monoisotopic (exact) mass is 721 g/mol. The smallest absolute Gasteiger partial charge is 0.167 e. The van der Waals surface area contributed by atoms with Crippen molar-refractivity contribution in [2.75, 3.05) is 39.6 Å². The van der Waals surface area contributed by atoms with E-state index in [1.807, 2.05) is 54.6 Å². The van der Waals surface area contributed by atoms with Gasteiger partial charge in [-0.05, 0) is 62.1 Å². The van der Waals surface area contributed by atoms with Gasteiger partial charge in [0.25, 0.3) is 0 Å². The van der Waals surface area contributed by atoms with Crippen LogP contribution in [-0.4, -0.2) is 54.6 Å². The van der Waals surface area contributed by atoms with Crippen LogP contribution in [0.1, 0.15) is 85.5 Å². The third-order valence-corrected chi connectivity index (χ3v) is 8.19. The molecule has 3 aromatic carbocycles. The molecule has 0 spiro atoms. The molecule has 0 aliphatic rings. The van der Waals surface area contributed by atoms with Crippen LogP contribution in [0.5, 0.6) is 34.5 Å². The summed E-state index contributed by atoms with van der Waals surface area (Å²) in [5, 5.41) is 0. The molecule has 0 saturated heterocycles. The molecule has 0 aliphatic carbocycles. The Morgan fingerprint density at radius 1 is 0.528 bits per heavy atom. The van der Waals surface area contributed by atoms with E-state index in [1.165, 1.54) is 0 Å². The molecular weight excluding hydrogens is 666 g/mol. The number of ether oxygens (including phenoxy) is 6. The molecule has 0 unspecified atom stereocenters. The maximum Gasteiger partial charge on any atom is 0.167 e. The lowest BCUT2D eigenvalue weighted by Crippen LogP contribution is -2.06. The Balaban J connectivity index is 1.91. The van der Waals surface area contributed by atoms with Gasteiger partial charge in [-0.15, -0.1) is 6.42 Å². The second-order valence-corrected chi connectivity index (χ2v) is 12.5. The lowest BCUT2D eigenvalue weighted by molar-refractivity contribution is 0.295. The molecule has 282 valence electrons. The van der Waals surface area contributed by atoms with Crippen molar-refractivity contribution >= 4 is 0 Å². The predicted octanol–water partition coefficient (Wildman–Crippen LogP) is 10.6. The van der Waals surface area contributed by atoms with Gasteiger partial charge in [0.15, 0.2) is 17.5 Å². The van der Waals surface area contributed by atoms with Gasteiger partial charge in [-0.2, -0.15) is 0 Å². The number of nitrogens with zero attached hydrogens (tertiary/aromatic N) is 3. The van der Waals surface area contributed by atoms with E-state index in [-0.39, 0.29) is 13.2 Å².